The lowest BCUT2D eigenvalue weighted by molar-refractivity contribution is 0.0263. The number of fused-ring (bicyclic) bond motifs is 2. The van der Waals surface area contributed by atoms with Crippen LogP contribution in [-0.4, -0.2) is 82.2 Å². The summed E-state index contributed by atoms with van der Waals surface area (Å²) in [5.74, 6) is 0.979. The summed E-state index contributed by atoms with van der Waals surface area (Å²) in [4.78, 5) is 34.3. The van der Waals surface area contributed by atoms with Crippen molar-refractivity contribution in [1.29, 1.82) is 0 Å². The molecule has 1 aliphatic rings. The predicted molar refractivity (Wildman–Crippen MR) is 188 cm³/mol. The van der Waals surface area contributed by atoms with E-state index in [0.717, 1.165) is 40.8 Å². The number of carbonyl (C=O) groups excluding carboxylic acids is 1. The van der Waals surface area contributed by atoms with Crippen molar-refractivity contribution in [2.45, 2.75) is 37.7 Å². The number of anilines is 1. The van der Waals surface area contributed by atoms with Gasteiger partial charge in [-0.1, -0.05) is 18.2 Å². The number of amides is 1. The van der Waals surface area contributed by atoms with Crippen LogP contribution in [0, 0.1) is 0 Å². The molecule has 2 aromatic carbocycles. The number of pyridine rings is 2. The Morgan fingerprint density at radius 2 is 1.73 bits per heavy atom. The molecule has 6 aromatic rings. The highest BCUT2D eigenvalue weighted by atomic mass is 32.2. The summed E-state index contributed by atoms with van der Waals surface area (Å²) in [6, 6.07) is 19.9. The second kappa shape index (κ2) is 12.5. The molecule has 49 heavy (non-hydrogen) atoms. The second-order valence-electron chi connectivity index (χ2n) is 12.9. The molecule has 0 spiro atoms. The average molecular weight is 680 g/mol. The van der Waals surface area contributed by atoms with E-state index in [2.05, 4.69) is 25.9 Å². The van der Waals surface area contributed by atoms with Gasteiger partial charge in [-0.25, -0.2) is 32.1 Å². The van der Waals surface area contributed by atoms with Gasteiger partial charge < -0.3 is 24.3 Å². The normalized spacial score (nSPS) is 14.3. The van der Waals surface area contributed by atoms with Gasteiger partial charge in [-0.05, 0) is 81.3 Å². The third-order valence-electron chi connectivity index (χ3n) is 8.44. The molecule has 0 aliphatic carbocycles. The van der Waals surface area contributed by atoms with Crippen LogP contribution in [0.5, 0.6) is 5.88 Å². The van der Waals surface area contributed by atoms with Crippen molar-refractivity contribution in [2.24, 2.45) is 0 Å². The van der Waals surface area contributed by atoms with Crippen molar-refractivity contribution < 1.29 is 22.7 Å². The molecule has 0 unspecified atom stereocenters. The second-order valence-corrected chi connectivity index (χ2v) is 14.7. The molecule has 5 heterocycles. The zero-order valence-corrected chi connectivity index (χ0v) is 28.6. The van der Waals surface area contributed by atoms with E-state index >= 15 is 0 Å². The first kappa shape index (κ1) is 32.1. The topological polar surface area (TPSA) is 136 Å². The molecule has 13 heteroatoms. The molecule has 1 aliphatic heterocycles. The van der Waals surface area contributed by atoms with Crippen LogP contribution in [0.15, 0.2) is 90.2 Å². The Labute approximate surface area is 284 Å². The van der Waals surface area contributed by atoms with Crippen molar-refractivity contribution in [3.05, 3.63) is 85.3 Å². The van der Waals surface area contributed by atoms with E-state index < -0.39 is 15.6 Å². The van der Waals surface area contributed by atoms with E-state index in [1.807, 2.05) is 45.0 Å². The molecular formula is C36H37N7O5S. The lowest BCUT2D eigenvalue weighted by Crippen LogP contribution is -2.39. The van der Waals surface area contributed by atoms with Gasteiger partial charge in [-0.15, -0.1) is 0 Å². The molecule has 1 amide bonds. The first-order valence-corrected chi connectivity index (χ1v) is 17.5. The highest BCUT2D eigenvalue weighted by Gasteiger charge is 2.25. The zero-order valence-electron chi connectivity index (χ0n) is 27.8. The highest BCUT2D eigenvalue weighted by molar-refractivity contribution is 7.90. The van der Waals surface area contributed by atoms with E-state index in [9.17, 15) is 13.2 Å². The Hall–Kier alpha value is -5.43. The van der Waals surface area contributed by atoms with E-state index in [-0.39, 0.29) is 11.0 Å². The van der Waals surface area contributed by atoms with Crippen LogP contribution in [0.2, 0.25) is 0 Å². The minimum atomic E-state index is -3.85. The number of aromatic nitrogens is 5. The Bertz CT molecular complexity index is 2280. The number of carbonyl (C=O) groups is 1. The maximum Gasteiger partial charge on any atom is 0.410 e. The van der Waals surface area contributed by atoms with Crippen LogP contribution in [0.4, 0.5) is 10.5 Å². The molecule has 1 N–H and O–H groups in total. The average Bonchev–Trinajstić information content (AvgIpc) is 3.65. The van der Waals surface area contributed by atoms with Gasteiger partial charge in [-0.3, -0.25) is 0 Å². The number of aromatic amines is 1. The molecular weight excluding hydrogens is 643 g/mol. The summed E-state index contributed by atoms with van der Waals surface area (Å²) < 4.78 is 39.3. The monoisotopic (exact) mass is 679 g/mol. The van der Waals surface area contributed by atoms with E-state index in [1.54, 1.807) is 60.8 Å². The zero-order chi connectivity index (χ0) is 34.3. The molecule has 4 aromatic heterocycles. The first-order chi connectivity index (χ1) is 23.5. The molecule has 12 nitrogen and oxygen atoms in total. The Kier molecular flexibility index (Phi) is 8.23. The Morgan fingerprint density at radius 3 is 2.51 bits per heavy atom. The van der Waals surface area contributed by atoms with E-state index in [1.165, 1.54) is 10.2 Å². The number of imidazole rings is 1. The largest absolute Gasteiger partial charge is 0.480 e. The number of hydrogen-bond donors (Lipinski definition) is 1. The molecule has 0 radical (unpaired) electrons. The standard InChI is InChI=1S/C36H37N7O5S/c1-36(2,3)48-35(44)42-17-8-16-41(19-20-42)25-11-12-30-31(22-25)40-32(39-30)29-21-24(23-38-34(29)47-4)27-13-15-37-33-28(27)14-18-43(33)49(45,46)26-9-6-5-7-10-26/h5-7,9-15,18,21-23H,8,16-17,19-20H2,1-4H3,(H,39,40). The van der Waals surface area contributed by atoms with Gasteiger partial charge in [0.15, 0.2) is 5.65 Å². The molecule has 0 saturated carbocycles. The SMILES string of the molecule is COc1ncc(-c2ccnc3c2ccn3S(=O)(=O)c2ccccc2)cc1-c1nc2cc(N3CCCN(C(=O)OC(C)(C)C)CC3)ccc2[nH]1. The van der Waals surface area contributed by atoms with Gasteiger partial charge in [0.05, 0.1) is 28.6 Å². The van der Waals surface area contributed by atoms with E-state index in [4.69, 9.17) is 14.5 Å². The number of nitrogens with one attached hydrogen (secondary N) is 1. The van der Waals surface area contributed by atoms with Gasteiger partial charge in [0.1, 0.15) is 11.4 Å². The third kappa shape index (κ3) is 6.29. The van der Waals surface area contributed by atoms with Gasteiger partial charge in [-0.2, -0.15) is 0 Å². The van der Waals surface area contributed by atoms with Crippen LogP contribution >= 0.6 is 0 Å². The third-order valence-corrected chi connectivity index (χ3v) is 10.1. The van der Waals surface area contributed by atoms with Gasteiger partial charge >= 0.3 is 6.09 Å². The Balaban J connectivity index is 1.19. The number of H-pyrrole nitrogens is 1. The van der Waals surface area contributed by atoms with Crippen LogP contribution < -0.4 is 9.64 Å². The molecule has 0 bridgehead atoms. The van der Waals surface area contributed by atoms with Gasteiger partial charge in [0.2, 0.25) is 5.88 Å². The summed E-state index contributed by atoms with van der Waals surface area (Å²) in [5.41, 5.74) is 4.60. The maximum atomic E-state index is 13.5. The van der Waals surface area contributed by atoms with Crippen molar-refractivity contribution in [3.8, 4) is 28.4 Å². The highest BCUT2D eigenvalue weighted by Crippen LogP contribution is 2.36. The van der Waals surface area contributed by atoms with Crippen molar-refractivity contribution in [3.63, 3.8) is 0 Å². The number of benzene rings is 2. The lowest BCUT2D eigenvalue weighted by atomic mass is 10.0. The summed E-state index contributed by atoms with van der Waals surface area (Å²) in [6.07, 6.45) is 5.35. The molecule has 252 valence electrons. The lowest BCUT2D eigenvalue weighted by Gasteiger charge is -2.27. The molecule has 0 atom stereocenters. The van der Waals surface area contributed by atoms with Crippen LogP contribution in [0.25, 0.3) is 44.6 Å². The number of hydrogen-bond acceptors (Lipinski definition) is 9. The van der Waals surface area contributed by atoms with Gasteiger partial charge in [0.25, 0.3) is 10.0 Å². The smallest absolute Gasteiger partial charge is 0.410 e. The molecule has 7 rings (SSSR count). The van der Waals surface area contributed by atoms with Crippen molar-refractivity contribution >= 4 is 43.9 Å². The van der Waals surface area contributed by atoms with Gasteiger partial charge in [0, 0.05) is 61.4 Å². The fraction of sp³-hybridized carbons (Fsp3) is 0.278. The quantitative estimate of drug-likeness (QED) is 0.214. The van der Waals surface area contributed by atoms with Crippen LogP contribution in [0.1, 0.15) is 27.2 Å². The Morgan fingerprint density at radius 1 is 0.918 bits per heavy atom. The number of nitrogens with zero attached hydrogens (tertiary/aromatic N) is 6. The van der Waals surface area contributed by atoms with Crippen LogP contribution in [-0.2, 0) is 14.8 Å². The van der Waals surface area contributed by atoms with Crippen molar-refractivity contribution in [2.75, 3.05) is 38.2 Å². The minimum absolute atomic E-state index is 0.180. The van der Waals surface area contributed by atoms with Crippen molar-refractivity contribution in [1.82, 2.24) is 28.8 Å². The fourth-order valence-electron chi connectivity index (χ4n) is 6.10. The molecule has 1 fully saturated rings. The maximum absolute atomic E-state index is 13.5. The number of ether oxygens (including phenoxy) is 2. The van der Waals surface area contributed by atoms with E-state index in [0.29, 0.717) is 47.9 Å². The number of methoxy groups -OCH3 is 1. The molecule has 1 saturated heterocycles. The van der Waals surface area contributed by atoms with Crippen LogP contribution in [0.3, 0.4) is 0 Å². The minimum Gasteiger partial charge on any atom is -0.480 e. The fourth-order valence-corrected chi connectivity index (χ4v) is 7.42. The summed E-state index contributed by atoms with van der Waals surface area (Å²) in [7, 11) is -2.29. The summed E-state index contributed by atoms with van der Waals surface area (Å²) >= 11 is 0. The number of rotatable bonds is 6. The summed E-state index contributed by atoms with van der Waals surface area (Å²) in [6.45, 7) is 8.32. The first-order valence-electron chi connectivity index (χ1n) is 16.1. The summed E-state index contributed by atoms with van der Waals surface area (Å²) in [5, 5.41) is 0.664. The predicted octanol–water partition coefficient (Wildman–Crippen LogP) is 6.33.